The third-order valence-corrected chi connectivity index (χ3v) is 7.02. The Bertz CT molecular complexity index is 451. The minimum absolute atomic E-state index is 0.433. The highest BCUT2D eigenvalue weighted by Crippen LogP contribution is 2.47. The number of hydrogen-bond donors (Lipinski definition) is 0. The van der Waals surface area contributed by atoms with Crippen LogP contribution in [0.2, 0.25) is 19.6 Å². The van der Waals surface area contributed by atoms with Gasteiger partial charge >= 0.3 is 0 Å². The van der Waals surface area contributed by atoms with E-state index in [1.807, 2.05) is 0 Å². The lowest BCUT2D eigenvalue weighted by Gasteiger charge is -2.18. The number of hydrogen-bond acceptors (Lipinski definition) is 1. The summed E-state index contributed by atoms with van der Waals surface area (Å²) < 4.78 is 0. The lowest BCUT2D eigenvalue weighted by molar-refractivity contribution is -0.111. The molecule has 1 fully saturated rings. The Morgan fingerprint density at radius 2 is 1.86 bits per heavy atom. The average Bonchev–Trinajstić information content (AvgIpc) is 2.93. The molecule has 0 amide bonds. The topological polar surface area (TPSA) is 17.1 Å². The zero-order valence-electron chi connectivity index (χ0n) is 14.4. The fraction of sp³-hybridized carbons (Fsp3) is 0.737. The van der Waals surface area contributed by atoms with E-state index in [1.165, 1.54) is 67.7 Å². The minimum atomic E-state index is -1.49. The largest absolute Gasteiger partial charge is 0.290 e. The normalized spacial score (nSPS) is 24.3. The maximum atomic E-state index is 12.8. The van der Waals surface area contributed by atoms with Crippen LogP contribution in [0, 0.1) is 5.92 Å². The summed E-state index contributed by atoms with van der Waals surface area (Å²) in [5.41, 5.74) is 2.71. The molecule has 1 nitrogen and oxygen atoms in total. The summed E-state index contributed by atoms with van der Waals surface area (Å²) in [6.45, 7) is 9.24. The fourth-order valence-corrected chi connectivity index (χ4v) is 6.09. The molecule has 0 spiro atoms. The predicted molar refractivity (Wildman–Crippen MR) is 94.2 cm³/mol. The van der Waals surface area contributed by atoms with E-state index in [1.54, 1.807) is 0 Å². The highest BCUT2D eigenvalue weighted by Gasteiger charge is 2.43. The summed E-state index contributed by atoms with van der Waals surface area (Å²) >= 11 is 0. The fourth-order valence-electron chi connectivity index (χ4n) is 4.00. The smallest absolute Gasteiger partial charge is 0.181 e. The molecule has 0 saturated heterocycles. The van der Waals surface area contributed by atoms with Gasteiger partial charge in [0, 0.05) is 11.5 Å². The van der Waals surface area contributed by atoms with E-state index < -0.39 is 8.07 Å². The van der Waals surface area contributed by atoms with Gasteiger partial charge < -0.3 is 0 Å². The van der Waals surface area contributed by atoms with E-state index in [-0.39, 0.29) is 0 Å². The van der Waals surface area contributed by atoms with Gasteiger partial charge in [-0.3, -0.25) is 4.79 Å². The van der Waals surface area contributed by atoms with E-state index in [9.17, 15) is 4.79 Å². The molecule has 0 aromatic carbocycles. The van der Waals surface area contributed by atoms with Crippen molar-refractivity contribution >= 4 is 13.9 Å². The number of allylic oxidation sites excluding steroid dienone is 4. The summed E-state index contributed by atoms with van der Waals surface area (Å²) in [5.74, 6) is 0.942. The van der Waals surface area contributed by atoms with Gasteiger partial charge in [-0.25, -0.2) is 0 Å². The van der Waals surface area contributed by atoms with E-state index in [0.29, 0.717) is 11.7 Å². The van der Waals surface area contributed by atoms with Gasteiger partial charge in [-0.2, -0.15) is 0 Å². The highest BCUT2D eigenvalue weighted by molar-refractivity contribution is 6.88. The second kappa shape index (κ2) is 7.08. The van der Waals surface area contributed by atoms with Crippen LogP contribution in [0.25, 0.3) is 0 Å². The van der Waals surface area contributed by atoms with Crippen LogP contribution in [0.1, 0.15) is 64.7 Å². The van der Waals surface area contributed by atoms with Crippen molar-refractivity contribution in [3.8, 4) is 0 Å². The second-order valence-corrected chi connectivity index (χ2v) is 12.8. The molecule has 0 aromatic rings. The molecule has 1 atom stereocenters. The predicted octanol–water partition coefficient (Wildman–Crippen LogP) is 5.83. The first-order valence-corrected chi connectivity index (χ1v) is 12.4. The standard InChI is InChI=1S/C19H32OSi/c1-5-6-7-8-9-10-12-16-15-13-11-14-17(15)19(18(16)20)21(2,3)4/h12,15H,5-11,13-14H2,1-4H3/b16-12-. The van der Waals surface area contributed by atoms with Gasteiger partial charge in [-0.1, -0.05) is 63.9 Å². The lowest BCUT2D eigenvalue weighted by atomic mass is 9.97. The van der Waals surface area contributed by atoms with Gasteiger partial charge in [-0.05, 0) is 37.3 Å². The number of ketones is 1. The van der Waals surface area contributed by atoms with Crippen molar-refractivity contribution in [1.29, 1.82) is 0 Å². The molecule has 21 heavy (non-hydrogen) atoms. The van der Waals surface area contributed by atoms with Gasteiger partial charge in [-0.15, -0.1) is 0 Å². The van der Waals surface area contributed by atoms with Crippen LogP contribution >= 0.6 is 0 Å². The molecule has 0 aromatic heterocycles. The third-order valence-electron chi connectivity index (χ3n) is 4.97. The quantitative estimate of drug-likeness (QED) is 0.328. The molecular weight excluding hydrogens is 272 g/mol. The van der Waals surface area contributed by atoms with Crippen molar-refractivity contribution in [2.24, 2.45) is 5.92 Å². The van der Waals surface area contributed by atoms with Crippen molar-refractivity contribution in [3.05, 3.63) is 22.4 Å². The lowest BCUT2D eigenvalue weighted by Crippen LogP contribution is -2.28. The molecule has 2 aliphatic carbocycles. The third kappa shape index (κ3) is 3.77. The first-order chi connectivity index (χ1) is 9.96. The highest BCUT2D eigenvalue weighted by atomic mass is 28.3. The Morgan fingerprint density at radius 3 is 2.52 bits per heavy atom. The van der Waals surface area contributed by atoms with Crippen LogP contribution in [0.15, 0.2) is 22.4 Å². The number of Topliss-reactive ketones (excluding diaryl/α,β-unsaturated/α-hetero) is 1. The molecular formula is C19H32OSi. The molecule has 0 aliphatic heterocycles. The minimum Gasteiger partial charge on any atom is -0.290 e. The molecule has 118 valence electrons. The van der Waals surface area contributed by atoms with Gasteiger partial charge in [0.15, 0.2) is 5.78 Å². The van der Waals surface area contributed by atoms with Crippen LogP contribution in [0.4, 0.5) is 0 Å². The van der Waals surface area contributed by atoms with Crippen molar-refractivity contribution in [2.45, 2.75) is 84.4 Å². The first-order valence-electron chi connectivity index (χ1n) is 8.95. The number of rotatable bonds is 7. The van der Waals surface area contributed by atoms with E-state index in [4.69, 9.17) is 0 Å². The Morgan fingerprint density at radius 1 is 1.14 bits per heavy atom. The summed E-state index contributed by atoms with van der Waals surface area (Å²) in [5, 5.41) is 1.28. The summed E-state index contributed by atoms with van der Waals surface area (Å²) in [6.07, 6.45) is 13.7. The van der Waals surface area contributed by atoms with Crippen LogP contribution in [-0.2, 0) is 4.79 Å². The number of unbranched alkanes of at least 4 members (excludes halogenated alkanes) is 5. The molecule has 0 heterocycles. The SMILES string of the molecule is CCCCCCC/C=C1\C(=O)C([Si](C)(C)C)=C2CCCC21. The van der Waals surface area contributed by atoms with Gasteiger partial charge in [0.1, 0.15) is 0 Å². The Kier molecular flexibility index (Phi) is 5.65. The Labute approximate surface area is 131 Å². The zero-order valence-corrected chi connectivity index (χ0v) is 15.4. The van der Waals surface area contributed by atoms with Crippen molar-refractivity contribution in [2.75, 3.05) is 0 Å². The molecule has 2 rings (SSSR count). The van der Waals surface area contributed by atoms with Crippen molar-refractivity contribution in [3.63, 3.8) is 0 Å². The summed E-state index contributed by atoms with van der Waals surface area (Å²) in [4.78, 5) is 12.8. The average molecular weight is 305 g/mol. The second-order valence-electron chi connectivity index (χ2n) is 7.79. The number of fused-ring (bicyclic) bond motifs is 1. The van der Waals surface area contributed by atoms with Crippen molar-refractivity contribution in [1.82, 2.24) is 0 Å². The number of carbonyl (C=O) groups is 1. The van der Waals surface area contributed by atoms with Gasteiger partial charge in [0.25, 0.3) is 0 Å². The van der Waals surface area contributed by atoms with E-state index in [2.05, 4.69) is 32.6 Å². The molecule has 1 unspecified atom stereocenters. The number of carbonyl (C=O) groups excluding carboxylic acids is 1. The monoisotopic (exact) mass is 304 g/mol. The molecule has 2 aliphatic rings. The Hall–Kier alpha value is -0.633. The van der Waals surface area contributed by atoms with Crippen LogP contribution < -0.4 is 0 Å². The zero-order chi connectivity index (χ0) is 15.5. The maximum Gasteiger partial charge on any atom is 0.181 e. The maximum absolute atomic E-state index is 12.8. The molecule has 0 radical (unpaired) electrons. The molecule has 1 saturated carbocycles. The van der Waals surface area contributed by atoms with Crippen LogP contribution in [0.3, 0.4) is 0 Å². The summed E-state index contributed by atoms with van der Waals surface area (Å²) in [7, 11) is -1.49. The molecule has 0 bridgehead atoms. The Balaban J connectivity index is 2.01. The van der Waals surface area contributed by atoms with E-state index in [0.717, 1.165) is 6.42 Å². The molecule has 0 N–H and O–H groups in total. The van der Waals surface area contributed by atoms with Gasteiger partial charge in [0.2, 0.25) is 0 Å². The van der Waals surface area contributed by atoms with E-state index >= 15 is 0 Å². The van der Waals surface area contributed by atoms with Crippen LogP contribution in [0.5, 0.6) is 0 Å². The van der Waals surface area contributed by atoms with Crippen molar-refractivity contribution < 1.29 is 4.79 Å². The first kappa shape index (κ1) is 16.7. The summed E-state index contributed by atoms with van der Waals surface area (Å²) in [6, 6.07) is 0. The van der Waals surface area contributed by atoms with Crippen LogP contribution in [-0.4, -0.2) is 13.9 Å². The van der Waals surface area contributed by atoms with Gasteiger partial charge in [0.05, 0.1) is 8.07 Å². The molecule has 2 heteroatoms.